The molecule has 4 rings (SSSR count). The van der Waals surface area contributed by atoms with Crippen molar-refractivity contribution in [3.8, 4) is 11.5 Å². The predicted octanol–water partition coefficient (Wildman–Crippen LogP) is 6.33. The fourth-order valence-corrected chi connectivity index (χ4v) is 3.78. The van der Waals surface area contributed by atoms with Crippen LogP contribution in [-0.4, -0.2) is 17.2 Å². The number of ether oxygens (including phenoxy) is 1. The SMILES string of the molecule is O=C(NN=Cc1cc(Cl)c(OCc2ccc(F)cc2)c(Cl)c1)c1cc2ccccc2cc1O. The minimum Gasteiger partial charge on any atom is -0.507 e. The van der Waals surface area contributed by atoms with Crippen LogP contribution >= 0.6 is 23.2 Å². The van der Waals surface area contributed by atoms with Crippen LogP contribution in [0.4, 0.5) is 4.39 Å². The summed E-state index contributed by atoms with van der Waals surface area (Å²) in [4.78, 5) is 12.4. The number of carbonyl (C=O) groups is 1. The van der Waals surface area contributed by atoms with E-state index in [1.807, 2.05) is 24.3 Å². The van der Waals surface area contributed by atoms with Gasteiger partial charge >= 0.3 is 0 Å². The van der Waals surface area contributed by atoms with E-state index in [1.54, 1.807) is 30.3 Å². The minimum atomic E-state index is -0.564. The Morgan fingerprint density at radius 1 is 1.00 bits per heavy atom. The number of fused-ring (bicyclic) bond motifs is 1. The lowest BCUT2D eigenvalue weighted by molar-refractivity contribution is 0.0952. The van der Waals surface area contributed by atoms with Gasteiger partial charge < -0.3 is 9.84 Å². The molecule has 0 spiro atoms. The summed E-state index contributed by atoms with van der Waals surface area (Å²) >= 11 is 12.6. The molecule has 0 aliphatic heterocycles. The lowest BCUT2D eigenvalue weighted by atomic mass is 10.1. The molecule has 0 bridgehead atoms. The van der Waals surface area contributed by atoms with Gasteiger partial charge in [0.15, 0.2) is 5.75 Å². The van der Waals surface area contributed by atoms with Crippen LogP contribution < -0.4 is 10.2 Å². The normalized spacial score (nSPS) is 11.1. The van der Waals surface area contributed by atoms with Crippen molar-refractivity contribution in [3.05, 3.63) is 105 Å². The third kappa shape index (κ3) is 5.42. The van der Waals surface area contributed by atoms with E-state index in [2.05, 4.69) is 10.5 Å². The Balaban J connectivity index is 1.43. The van der Waals surface area contributed by atoms with Gasteiger partial charge in [-0.05, 0) is 58.3 Å². The van der Waals surface area contributed by atoms with Crippen LogP contribution in [0.1, 0.15) is 21.5 Å². The van der Waals surface area contributed by atoms with Gasteiger partial charge in [-0.15, -0.1) is 0 Å². The van der Waals surface area contributed by atoms with Crippen LogP contribution in [0.25, 0.3) is 10.8 Å². The summed E-state index contributed by atoms with van der Waals surface area (Å²) in [5.74, 6) is -0.757. The van der Waals surface area contributed by atoms with E-state index in [4.69, 9.17) is 27.9 Å². The highest BCUT2D eigenvalue weighted by Gasteiger charge is 2.13. The number of nitrogens with one attached hydrogen (secondary N) is 1. The van der Waals surface area contributed by atoms with Gasteiger partial charge in [-0.2, -0.15) is 5.10 Å². The Labute approximate surface area is 199 Å². The highest BCUT2D eigenvalue weighted by atomic mass is 35.5. The number of hydrogen-bond donors (Lipinski definition) is 2. The maximum Gasteiger partial charge on any atom is 0.275 e. The fraction of sp³-hybridized carbons (Fsp3) is 0.0400. The molecule has 0 aliphatic carbocycles. The van der Waals surface area contributed by atoms with E-state index in [0.29, 0.717) is 5.56 Å². The molecule has 0 unspecified atom stereocenters. The molecule has 0 aromatic heterocycles. The average molecular weight is 483 g/mol. The van der Waals surface area contributed by atoms with Gasteiger partial charge in [-0.3, -0.25) is 4.79 Å². The molecule has 33 heavy (non-hydrogen) atoms. The Kier molecular flexibility index (Phi) is 6.77. The molecule has 0 saturated carbocycles. The molecule has 5 nitrogen and oxygen atoms in total. The number of hydrazone groups is 1. The smallest absolute Gasteiger partial charge is 0.275 e. The van der Waals surface area contributed by atoms with Gasteiger partial charge in [0.1, 0.15) is 18.2 Å². The molecule has 0 heterocycles. The van der Waals surface area contributed by atoms with Crippen LogP contribution in [0.5, 0.6) is 11.5 Å². The van der Waals surface area contributed by atoms with Crippen molar-refractivity contribution in [2.75, 3.05) is 0 Å². The minimum absolute atomic E-state index is 0.103. The Hall–Kier alpha value is -3.61. The van der Waals surface area contributed by atoms with Crippen LogP contribution in [0.3, 0.4) is 0 Å². The second kappa shape index (κ2) is 9.90. The number of benzene rings is 4. The number of phenols is 1. The van der Waals surface area contributed by atoms with Crippen LogP contribution in [0, 0.1) is 5.82 Å². The first-order valence-corrected chi connectivity index (χ1v) is 10.6. The summed E-state index contributed by atoms with van der Waals surface area (Å²) in [5, 5.41) is 16.2. The largest absolute Gasteiger partial charge is 0.507 e. The van der Waals surface area contributed by atoms with E-state index in [-0.39, 0.29) is 39.5 Å². The van der Waals surface area contributed by atoms with Crippen molar-refractivity contribution >= 4 is 46.1 Å². The van der Waals surface area contributed by atoms with Gasteiger partial charge in [0.2, 0.25) is 0 Å². The van der Waals surface area contributed by atoms with Crippen LogP contribution in [0.2, 0.25) is 10.0 Å². The van der Waals surface area contributed by atoms with Gasteiger partial charge in [0, 0.05) is 0 Å². The molecular formula is C25H17Cl2FN2O3. The number of halogens is 3. The summed E-state index contributed by atoms with van der Waals surface area (Å²) in [7, 11) is 0. The Morgan fingerprint density at radius 3 is 2.30 bits per heavy atom. The third-order valence-electron chi connectivity index (χ3n) is 4.81. The molecule has 8 heteroatoms. The highest BCUT2D eigenvalue weighted by molar-refractivity contribution is 6.37. The first-order chi connectivity index (χ1) is 15.9. The molecule has 0 atom stereocenters. The average Bonchev–Trinajstić information content (AvgIpc) is 2.79. The van der Waals surface area contributed by atoms with Gasteiger partial charge in [-0.1, -0.05) is 59.6 Å². The maximum atomic E-state index is 13.0. The number of hydrogen-bond acceptors (Lipinski definition) is 4. The number of amides is 1. The van der Waals surface area contributed by atoms with E-state index < -0.39 is 5.91 Å². The first-order valence-electron chi connectivity index (χ1n) is 9.82. The van der Waals surface area contributed by atoms with Crippen molar-refractivity contribution in [2.24, 2.45) is 5.10 Å². The van der Waals surface area contributed by atoms with Crippen molar-refractivity contribution in [1.29, 1.82) is 0 Å². The number of phenolic OH excluding ortho intramolecular Hbond substituents is 1. The molecule has 0 fully saturated rings. The molecule has 0 radical (unpaired) electrons. The lowest BCUT2D eigenvalue weighted by Crippen LogP contribution is -2.17. The quantitative estimate of drug-likeness (QED) is 0.249. The molecular weight excluding hydrogens is 466 g/mol. The van der Waals surface area contributed by atoms with E-state index >= 15 is 0 Å². The van der Waals surface area contributed by atoms with Gasteiger partial charge in [0.25, 0.3) is 5.91 Å². The monoisotopic (exact) mass is 482 g/mol. The summed E-state index contributed by atoms with van der Waals surface area (Å²) in [6.45, 7) is 0.165. The second-order valence-corrected chi connectivity index (χ2v) is 7.96. The van der Waals surface area contributed by atoms with Crippen molar-refractivity contribution in [3.63, 3.8) is 0 Å². The molecule has 0 aliphatic rings. The summed E-state index contributed by atoms with van der Waals surface area (Å²) in [6, 6.07) is 19.6. The summed E-state index contributed by atoms with van der Waals surface area (Å²) in [5.41, 5.74) is 3.77. The first kappa shape index (κ1) is 22.6. The topological polar surface area (TPSA) is 70.9 Å². The van der Waals surface area contributed by atoms with Gasteiger partial charge in [-0.25, -0.2) is 9.82 Å². The molecule has 4 aromatic rings. The van der Waals surface area contributed by atoms with E-state index in [9.17, 15) is 14.3 Å². The van der Waals surface area contributed by atoms with Crippen molar-refractivity contribution < 1.29 is 19.0 Å². The zero-order valence-corrected chi connectivity index (χ0v) is 18.6. The number of carbonyl (C=O) groups excluding carboxylic acids is 1. The standard InChI is InChI=1S/C25H17Cl2FN2O3/c26-21-9-16(10-22(27)24(21)33-14-15-5-7-19(28)8-6-15)13-29-30-25(32)20-11-17-3-1-2-4-18(17)12-23(20)31/h1-13,31H,14H2,(H,30,32). The van der Waals surface area contributed by atoms with Gasteiger partial charge in [0.05, 0.1) is 21.8 Å². The predicted molar refractivity (Wildman–Crippen MR) is 128 cm³/mol. The molecule has 4 aromatic carbocycles. The van der Waals surface area contributed by atoms with Crippen molar-refractivity contribution in [2.45, 2.75) is 6.61 Å². The molecule has 0 saturated heterocycles. The molecule has 2 N–H and O–H groups in total. The Morgan fingerprint density at radius 2 is 1.64 bits per heavy atom. The summed E-state index contributed by atoms with van der Waals surface area (Å²) in [6.07, 6.45) is 1.37. The molecule has 1 amide bonds. The number of nitrogens with zero attached hydrogens (tertiary/aromatic N) is 1. The molecule has 166 valence electrons. The van der Waals surface area contributed by atoms with Crippen molar-refractivity contribution in [1.82, 2.24) is 5.43 Å². The Bertz CT molecular complexity index is 1330. The zero-order valence-electron chi connectivity index (χ0n) is 17.1. The fourth-order valence-electron chi connectivity index (χ4n) is 3.16. The van der Waals surface area contributed by atoms with Crippen LogP contribution in [-0.2, 0) is 6.61 Å². The number of rotatable bonds is 6. The zero-order chi connectivity index (χ0) is 23.4. The highest BCUT2D eigenvalue weighted by Crippen LogP contribution is 2.34. The van der Waals surface area contributed by atoms with E-state index in [1.165, 1.54) is 24.4 Å². The van der Waals surface area contributed by atoms with Crippen LogP contribution in [0.15, 0.2) is 77.9 Å². The maximum absolute atomic E-state index is 13.0. The third-order valence-corrected chi connectivity index (χ3v) is 5.37. The van der Waals surface area contributed by atoms with E-state index in [0.717, 1.165) is 16.3 Å². The number of aromatic hydroxyl groups is 1. The summed E-state index contributed by atoms with van der Waals surface area (Å²) < 4.78 is 18.7. The lowest BCUT2D eigenvalue weighted by Gasteiger charge is -2.11. The second-order valence-electron chi connectivity index (χ2n) is 7.14.